The lowest BCUT2D eigenvalue weighted by atomic mass is 10.00. The molecule has 1 aromatic heterocycles. The van der Waals surface area contributed by atoms with Crippen molar-refractivity contribution in [2.75, 3.05) is 26.2 Å². The van der Waals surface area contributed by atoms with E-state index in [1.165, 1.54) is 4.88 Å². The lowest BCUT2D eigenvalue weighted by Gasteiger charge is -2.37. The van der Waals surface area contributed by atoms with E-state index in [-0.39, 0.29) is 24.4 Å². The molecule has 0 N–H and O–H groups in total. The van der Waals surface area contributed by atoms with Crippen molar-refractivity contribution < 1.29 is 14.3 Å². The van der Waals surface area contributed by atoms with Gasteiger partial charge in [0.1, 0.15) is 18.9 Å². The average molecular weight is 511 g/mol. The summed E-state index contributed by atoms with van der Waals surface area (Å²) in [5.74, 6) is 0.554. The summed E-state index contributed by atoms with van der Waals surface area (Å²) in [6.45, 7) is 7.48. The maximum atomic E-state index is 13.6. The van der Waals surface area contributed by atoms with Crippen LogP contribution in [0.2, 0.25) is 5.02 Å². The second-order valence-corrected chi connectivity index (χ2v) is 10.4. The highest BCUT2D eigenvalue weighted by Gasteiger charge is 2.33. The first-order chi connectivity index (χ1) is 16.9. The van der Waals surface area contributed by atoms with E-state index in [1.807, 2.05) is 68.1 Å². The van der Waals surface area contributed by atoms with Gasteiger partial charge >= 0.3 is 0 Å². The third-order valence-corrected chi connectivity index (χ3v) is 7.78. The Morgan fingerprint density at radius 2 is 1.91 bits per heavy atom. The smallest absolute Gasteiger partial charge is 0.254 e. The molecule has 0 fully saturated rings. The Morgan fingerprint density at radius 1 is 1.14 bits per heavy atom. The van der Waals surface area contributed by atoms with Gasteiger partial charge in [-0.1, -0.05) is 36.2 Å². The van der Waals surface area contributed by atoms with Gasteiger partial charge in [-0.05, 0) is 79.6 Å². The predicted molar refractivity (Wildman–Crippen MR) is 142 cm³/mol. The van der Waals surface area contributed by atoms with Crippen molar-refractivity contribution in [1.82, 2.24) is 9.80 Å². The molecule has 2 aromatic carbocycles. The Bertz CT molecular complexity index is 1190. The van der Waals surface area contributed by atoms with Crippen LogP contribution in [-0.2, 0) is 11.2 Å². The molecule has 0 spiro atoms. The fraction of sp³-hybridized carbons (Fsp3) is 0.357. The highest BCUT2D eigenvalue weighted by molar-refractivity contribution is 7.10. The molecule has 4 rings (SSSR count). The summed E-state index contributed by atoms with van der Waals surface area (Å²) in [7, 11) is 0. The summed E-state index contributed by atoms with van der Waals surface area (Å²) >= 11 is 7.88. The first kappa shape index (κ1) is 25.3. The molecule has 0 saturated heterocycles. The molecule has 2 amide bonds. The largest absolute Gasteiger partial charge is 0.491 e. The number of thiophene rings is 1. The normalized spacial score (nSPS) is 15.0. The van der Waals surface area contributed by atoms with Crippen molar-refractivity contribution in [3.05, 3.63) is 86.1 Å². The Morgan fingerprint density at radius 3 is 2.63 bits per heavy atom. The second kappa shape index (κ2) is 11.3. The summed E-state index contributed by atoms with van der Waals surface area (Å²) in [6, 6.07) is 15.0. The van der Waals surface area contributed by atoms with Crippen molar-refractivity contribution in [3.63, 3.8) is 0 Å². The minimum absolute atomic E-state index is 0.0522. The van der Waals surface area contributed by atoms with E-state index in [2.05, 4.69) is 11.4 Å². The van der Waals surface area contributed by atoms with E-state index in [0.717, 1.165) is 35.3 Å². The number of nitrogens with zero attached hydrogens (tertiary/aromatic N) is 2. The van der Waals surface area contributed by atoms with Gasteiger partial charge in [-0.3, -0.25) is 9.59 Å². The number of aryl methyl sites for hydroxylation is 2. The first-order valence-electron chi connectivity index (χ1n) is 12.0. The molecule has 3 aromatic rings. The van der Waals surface area contributed by atoms with Gasteiger partial charge in [-0.2, -0.15) is 0 Å². The molecular formula is C28H31ClN2O3S. The maximum absolute atomic E-state index is 13.6. The van der Waals surface area contributed by atoms with E-state index in [1.54, 1.807) is 16.2 Å². The number of carbonyl (C=O) groups is 2. The fourth-order valence-electron chi connectivity index (χ4n) is 4.41. The molecule has 184 valence electrons. The third-order valence-electron chi connectivity index (χ3n) is 6.36. The topological polar surface area (TPSA) is 49.9 Å². The second-order valence-electron chi connectivity index (χ2n) is 8.97. The molecule has 7 heteroatoms. The molecule has 0 unspecified atom stereocenters. The van der Waals surface area contributed by atoms with Gasteiger partial charge in [0, 0.05) is 28.6 Å². The molecule has 0 saturated carbocycles. The zero-order valence-electron chi connectivity index (χ0n) is 20.4. The van der Waals surface area contributed by atoms with Crippen molar-refractivity contribution in [2.24, 2.45) is 0 Å². The van der Waals surface area contributed by atoms with Gasteiger partial charge in [0.2, 0.25) is 5.91 Å². The SMILES string of the molecule is CCCN(CC(=O)N1CCc2sccc2[C@H]1COc1ccc(Cl)c(C)c1)C(=O)c1ccc(C)cc1. The molecule has 1 aliphatic heterocycles. The molecule has 5 nitrogen and oxygen atoms in total. The molecule has 0 bridgehead atoms. The van der Waals surface area contributed by atoms with Gasteiger partial charge in [0.25, 0.3) is 5.91 Å². The summed E-state index contributed by atoms with van der Waals surface area (Å²) in [5, 5.41) is 2.77. The van der Waals surface area contributed by atoms with E-state index in [9.17, 15) is 9.59 Å². The number of ether oxygens (including phenoxy) is 1. The summed E-state index contributed by atoms with van der Waals surface area (Å²) in [4.78, 5) is 31.6. The number of halogens is 1. The Labute approximate surface area is 216 Å². The van der Waals surface area contributed by atoms with Gasteiger partial charge in [0.15, 0.2) is 0 Å². The number of benzene rings is 2. The molecular weight excluding hydrogens is 480 g/mol. The van der Waals surface area contributed by atoms with Crippen LogP contribution in [0.5, 0.6) is 5.75 Å². The Balaban J connectivity index is 1.52. The number of hydrogen-bond acceptors (Lipinski definition) is 4. The van der Waals surface area contributed by atoms with Gasteiger partial charge in [-0.15, -0.1) is 11.3 Å². The van der Waals surface area contributed by atoms with Crippen LogP contribution in [0.1, 0.15) is 51.3 Å². The van der Waals surface area contributed by atoms with Gasteiger partial charge in [-0.25, -0.2) is 0 Å². The van der Waals surface area contributed by atoms with E-state index in [4.69, 9.17) is 16.3 Å². The van der Waals surface area contributed by atoms with Crippen molar-refractivity contribution >= 4 is 34.8 Å². The summed E-state index contributed by atoms with van der Waals surface area (Å²) < 4.78 is 6.14. The van der Waals surface area contributed by atoms with E-state index in [0.29, 0.717) is 30.3 Å². The Kier molecular flexibility index (Phi) is 8.14. The fourth-order valence-corrected chi connectivity index (χ4v) is 5.46. The standard InChI is InChI=1S/C28H31ClN2O3S/c1-4-13-30(28(33)21-7-5-19(2)6-8-21)17-27(32)31-14-11-26-23(12-15-35-26)25(31)18-34-22-9-10-24(29)20(3)16-22/h5-10,12,15-16,25H,4,11,13-14,17-18H2,1-3H3/t25-/m1/s1. The van der Waals surface area contributed by atoms with Gasteiger partial charge in [0.05, 0.1) is 6.04 Å². The molecule has 0 radical (unpaired) electrons. The summed E-state index contributed by atoms with van der Waals surface area (Å²) in [6.07, 6.45) is 1.59. The first-order valence-corrected chi connectivity index (χ1v) is 13.2. The van der Waals surface area contributed by atoms with Crippen LogP contribution in [0.4, 0.5) is 0 Å². The van der Waals surface area contributed by atoms with E-state index < -0.39 is 0 Å². The number of amides is 2. The van der Waals surface area contributed by atoms with Crippen LogP contribution in [0.25, 0.3) is 0 Å². The molecule has 0 aliphatic carbocycles. The van der Waals surface area contributed by atoms with Crippen molar-refractivity contribution in [1.29, 1.82) is 0 Å². The zero-order valence-corrected chi connectivity index (χ0v) is 22.0. The predicted octanol–water partition coefficient (Wildman–Crippen LogP) is 6.08. The average Bonchev–Trinajstić information content (AvgIpc) is 3.33. The van der Waals surface area contributed by atoms with Crippen molar-refractivity contribution in [2.45, 2.75) is 39.7 Å². The molecule has 2 heterocycles. The third kappa shape index (κ3) is 5.88. The van der Waals surface area contributed by atoms with E-state index >= 15 is 0 Å². The van der Waals surface area contributed by atoms with Crippen LogP contribution in [0.3, 0.4) is 0 Å². The van der Waals surface area contributed by atoms with Crippen LogP contribution >= 0.6 is 22.9 Å². The quantitative estimate of drug-likeness (QED) is 0.369. The monoisotopic (exact) mass is 510 g/mol. The number of fused-ring (bicyclic) bond motifs is 1. The lowest BCUT2D eigenvalue weighted by molar-refractivity contribution is -0.135. The molecule has 1 aliphatic rings. The van der Waals surface area contributed by atoms with Crippen molar-refractivity contribution in [3.8, 4) is 5.75 Å². The molecule has 35 heavy (non-hydrogen) atoms. The minimum Gasteiger partial charge on any atom is -0.491 e. The Hall–Kier alpha value is -2.83. The van der Waals surface area contributed by atoms with Crippen LogP contribution in [-0.4, -0.2) is 47.9 Å². The van der Waals surface area contributed by atoms with Crippen LogP contribution < -0.4 is 4.74 Å². The maximum Gasteiger partial charge on any atom is 0.254 e. The highest BCUT2D eigenvalue weighted by Crippen LogP contribution is 2.34. The number of carbonyl (C=O) groups excluding carboxylic acids is 2. The van der Waals surface area contributed by atoms with Gasteiger partial charge < -0.3 is 14.5 Å². The minimum atomic E-state index is -0.202. The highest BCUT2D eigenvalue weighted by atomic mass is 35.5. The zero-order chi connectivity index (χ0) is 24.9. The molecule has 1 atom stereocenters. The number of rotatable bonds is 8. The summed E-state index contributed by atoms with van der Waals surface area (Å²) in [5.41, 5.74) is 3.78. The van der Waals surface area contributed by atoms with Crippen LogP contribution in [0, 0.1) is 13.8 Å². The lowest BCUT2D eigenvalue weighted by Crippen LogP contribution is -2.48. The van der Waals surface area contributed by atoms with Crippen LogP contribution in [0.15, 0.2) is 53.9 Å². The number of hydrogen-bond donors (Lipinski definition) is 0.